The van der Waals surface area contributed by atoms with E-state index in [2.05, 4.69) is 37.4 Å². The fraction of sp³-hybridized carbons (Fsp3) is 0.188. The molecule has 2 rings (SSSR count). The minimum Gasteiger partial charge on any atom is -0.379 e. The van der Waals surface area contributed by atoms with Gasteiger partial charge in [0.25, 0.3) is 0 Å². The van der Waals surface area contributed by atoms with Crippen LogP contribution in [0.25, 0.3) is 0 Å². The van der Waals surface area contributed by atoms with Crippen LogP contribution in [-0.2, 0) is 0 Å². The molecule has 3 heteroatoms. The predicted molar refractivity (Wildman–Crippen MR) is 78.2 cm³/mol. The van der Waals surface area contributed by atoms with Gasteiger partial charge < -0.3 is 11.1 Å². The van der Waals surface area contributed by atoms with Gasteiger partial charge in [-0.25, -0.2) is 0 Å². The van der Waals surface area contributed by atoms with Crippen LogP contribution < -0.4 is 11.1 Å². The molecule has 0 aliphatic heterocycles. The molecule has 2 aromatic rings. The van der Waals surface area contributed by atoms with E-state index in [4.69, 9.17) is 5.73 Å². The van der Waals surface area contributed by atoms with Gasteiger partial charge >= 0.3 is 0 Å². The molecule has 2 aromatic carbocycles. The van der Waals surface area contributed by atoms with Crippen LogP contribution in [0.2, 0.25) is 0 Å². The van der Waals surface area contributed by atoms with Gasteiger partial charge in [-0.2, -0.15) is 0 Å². The third kappa shape index (κ3) is 3.35. The summed E-state index contributed by atoms with van der Waals surface area (Å²) in [7, 11) is 0. The molecule has 0 heterocycles. The number of hydrogen-bond donors (Lipinski definition) is 2. The molecule has 0 saturated heterocycles. The smallest absolute Gasteiger partial charge is 0.248 e. The lowest BCUT2D eigenvalue weighted by molar-refractivity contribution is 0.100. The predicted octanol–water partition coefficient (Wildman–Crippen LogP) is 3.27. The summed E-state index contributed by atoms with van der Waals surface area (Å²) in [6, 6.07) is 15.8. The topological polar surface area (TPSA) is 55.1 Å². The number of hydrogen-bond acceptors (Lipinski definition) is 2. The second-order valence-electron chi connectivity index (χ2n) is 4.73. The molecule has 0 saturated carbocycles. The van der Waals surface area contributed by atoms with Crippen LogP contribution in [0.3, 0.4) is 0 Å². The van der Waals surface area contributed by atoms with Crippen LogP contribution in [0, 0.1) is 6.92 Å². The summed E-state index contributed by atoms with van der Waals surface area (Å²) < 4.78 is 0. The number of nitrogens with one attached hydrogen (secondary N) is 1. The summed E-state index contributed by atoms with van der Waals surface area (Å²) in [4.78, 5) is 11.1. The fourth-order valence-corrected chi connectivity index (χ4v) is 2.04. The number of nitrogens with two attached hydrogens (primary N) is 1. The molecular weight excluding hydrogens is 236 g/mol. The van der Waals surface area contributed by atoms with Crippen LogP contribution >= 0.6 is 0 Å². The SMILES string of the molecule is Cc1cccc(C(C)Nc2cccc(C(N)=O)c2)c1. The average molecular weight is 254 g/mol. The van der Waals surface area contributed by atoms with Gasteiger partial charge in [0, 0.05) is 17.3 Å². The Kier molecular flexibility index (Phi) is 3.85. The standard InChI is InChI=1S/C16H18N2O/c1-11-5-3-6-13(9-11)12(2)18-15-8-4-7-14(10-15)16(17)19/h3-10,12,18H,1-2H3,(H2,17,19). The lowest BCUT2D eigenvalue weighted by Crippen LogP contribution is -2.12. The molecule has 0 aliphatic carbocycles. The van der Waals surface area contributed by atoms with Crippen LogP contribution in [0.4, 0.5) is 5.69 Å². The van der Waals surface area contributed by atoms with Crippen LogP contribution in [0.15, 0.2) is 48.5 Å². The number of anilines is 1. The molecule has 0 aromatic heterocycles. The highest BCUT2D eigenvalue weighted by Crippen LogP contribution is 2.20. The lowest BCUT2D eigenvalue weighted by Gasteiger charge is -2.16. The summed E-state index contributed by atoms with van der Waals surface area (Å²) in [5, 5.41) is 3.37. The van der Waals surface area contributed by atoms with Gasteiger partial charge in [0.2, 0.25) is 5.91 Å². The zero-order chi connectivity index (χ0) is 13.8. The van der Waals surface area contributed by atoms with Crippen molar-refractivity contribution >= 4 is 11.6 Å². The molecule has 1 amide bonds. The number of carbonyl (C=O) groups is 1. The Labute approximate surface area is 113 Å². The first-order valence-corrected chi connectivity index (χ1v) is 6.29. The first-order chi connectivity index (χ1) is 9.06. The van der Waals surface area contributed by atoms with Gasteiger partial charge in [-0.05, 0) is 37.6 Å². The molecule has 1 atom stereocenters. The quantitative estimate of drug-likeness (QED) is 0.879. The van der Waals surface area contributed by atoms with Crippen molar-refractivity contribution in [3.8, 4) is 0 Å². The summed E-state index contributed by atoms with van der Waals surface area (Å²) in [5.41, 5.74) is 9.13. The van der Waals surface area contributed by atoms with Crippen molar-refractivity contribution < 1.29 is 4.79 Å². The van der Waals surface area contributed by atoms with Crippen LogP contribution in [0.1, 0.15) is 34.5 Å². The van der Waals surface area contributed by atoms with E-state index in [1.165, 1.54) is 11.1 Å². The maximum absolute atomic E-state index is 11.1. The summed E-state index contributed by atoms with van der Waals surface area (Å²) >= 11 is 0. The highest BCUT2D eigenvalue weighted by atomic mass is 16.1. The maximum Gasteiger partial charge on any atom is 0.248 e. The number of aryl methyl sites for hydroxylation is 1. The summed E-state index contributed by atoms with van der Waals surface area (Å²) in [6.07, 6.45) is 0. The van der Waals surface area contributed by atoms with Crippen molar-refractivity contribution in [3.63, 3.8) is 0 Å². The lowest BCUT2D eigenvalue weighted by atomic mass is 10.1. The number of rotatable bonds is 4. The van der Waals surface area contributed by atoms with Gasteiger partial charge in [0.15, 0.2) is 0 Å². The molecule has 0 radical (unpaired) electrons. The van der Waals surface area contributed by atoms with Gasteiger partial charge in [-0.1, -0.05) is 35.9 Å². The number of benzene rings is 2. The maximum atomic E-state index is 11.1. The van der Waals surface area contributed by atoms with E-state index in [-0.39, 0.29) is 6.04 Å². The molecule has 0 bridgehead atoms. The van der Waals surface area contributed by atoms with E-state index in [1.54, 1.807) is 12.1 Å². The summed E-state index contributed by atoms with van der Waals surface area (Å²) in [5.74, 6) is -0.410. The van der Waals surface area contributed by atoms with Crippen molar-refractivity contribution in [1.29, 1.82) is 0 Å². The Morgan fingerprint density at radius 3 is 2.58 bits per heavy atom. The largest absolute Gasteiger partial charge is 0.379 e. The first-order valence-electron chi connectivity index (χ1n) is 6.29. The van der Waals surface area contributed by atoms with Gasteiger partial charge in [-0.15, -0.1) is 0 Å². The monoisotopic (exact) mass is 254 g/mol. The minimum absolute atomic E-state index is 0.169. The minimum atomic E-state index is -0.410. The number of amides is 1. The molecule has 3 N–H and O–H groups in total. The third-order valence-corrected chi connectivity index (χ3v) is 3.07. The van der Waals surface area contributed by atoms with E-state index < -0.39 is 5.91 Å². The van der Waals surface area contributed by atoms with E-state index in [0.29, 0.717) is 5.56 Å². The van der Waals surface area contributed by atoms with Crippen molar-refractivity contribution in [2.75, 3.05) is 5.32 Å². The molecule has 98 valence electrons. The molecule has 0 fully saturated rings. The zero-order valence-electron chi connectivity index (χ0n) is 11.2. The van der Waals surface area contributed by atoms with Crippen molar-refractivity contribution in [2.45, 2.75) is 19.9 Å². The molecule has 3 nitrogen and oxygen atoms in total. The number of primary amides is 1. The van der Waals surface area contributed by atoms with Crippen LogP contribution in [0.5, 0.6) is 0 Å². The Bertz CT molecular complexity index is 593. The zero-order valence-corrected chi connectivity index (χ0v) is 11.2. The Morgan fingerprint density at radius 2 is 1.89 bits per heavy atom. The summed E-state index contributed by atoms with van der Waals surface area (Å²) in [6.45, 7) is 4.16. The highest BCUT2D eigenvalue weighted by Gasteiger charge is 2.07. The Balaban J connectivity index is 2.17. The molecular formula is C16H18N2O. The van der Waals surface area contributed by atoms with E-state index >= 15 is 0 Å². The Morgan fingerprint density at radius 1 is 1.16 bits per heavy atom. The normalized spacial score (nSPS) is 11.9. The van der Waals surface area contributed by atoms with Crippen LogP contribution in [-0.4, -0.2) is 5.91 Å². The van der Waals surface area contributed by atoms with E-state index in [9.17, 15) is 4.79 Å². The van der Waals surface area contributed by atoms with E-state index in [1.807, 2.05) is 18.2 Å². The average Bonchev–Trinajstić information content (AvgIpc) is 2.39. The van der Waals surface area contributed by atoms with Gasteiger partial charge in [0.1, 0.15) is 0 Å². The fourth-order valence-electron chi connectivity index (χ4n) is 2.04. The second-order valence-corrected chi connectivity index (χ2v) is 4.73. The van der Waals surface area contributed by atoms with Crippen molar-refractivity contribution in [2.24, 2.45) is 5.73 Å². The van der Waals surface area contributed by atoms with Crippen molar-refractivity contribution in [3.05, 3.63) is 65.2 Å². The molecule has 0 aliphatic rings. The Hall–Kier alpha value is -2.29. The molecule has 1 unspecified atom stereocenters. The van der Waals surface area contributed by atoms with Gasteiger partial charge in [-0.3, -0.25) is 4.79 Å². The second kappa shape index (κ2) is 5.57. The third-order valence-electron chi connectivity index (χ3n) is 3.07. The first kappa shape index (κ1) is 13.1. The van der Waals surface area contributed by atoms with Crippen molar-refractivity contribution in [1.82, 2.24) is 0 Å². The number of carbonyl (C=O) groups excluding carboxylic acids is 1. The van der Waals surface area contributed by atoms with E-state index in [0.717, 1.165) is 5.69 Å². The van der Waals surface area contributed by atoms with Gasteiger partial charge in [0.05, 0.1) is 0 Å². The molecule has 0 spiro atoms. The highest BCUT2D eigenvalue weighted by molar-refractivity contribution is 5.93. The molecule has 19 heavy (non-hydrogen) atoms.